The van der Waals surface area contributed by atoms with Gasteiger partial charge in [-0.15, -0.1) is 0 Å². The number of aromatic nitrogens is 1. The van der Waals surface area contributed by atoms with E-state index in [-0.39, 0.29) is 5.41 Å². The monoisotopic (exact) mass is 265 g/mol. The van der Waals surface area contributed by atoms with Gasteiger partial charge in [0.2, 0.25) is 5.89 Å². The molecule has 0 atom stereocenters. The van der Waals surface area contributed by atoms with Gasteiger partial charge in [0.1, 0.15) is 5.52 Å². The highest BCUT2D eigenvalue weighted by Crippen LogP contribution is 2.31. The van der Waals surface area contributed by atoms with Crippen LogP contribution in [0.15, 0.2) is 46.9 Å². The van der Waals surface area contributed by atoms with Crippen LogP contribution in [-0.4, -0.2) is 4.98 Å². The summed E-state index contributed by atoms with van der Waals surface area (Å²) >= 11 is 0. The number of oxazole rings is 1. The van der Waals surface area contributed by atoms with Crippen LogP contribution >= 0.6 is 0 Å². The molecule has 2 heteroatoms. The molecule has 0 fully saturated rings. The van der Waals surface area contributed by atoms with Crippen LogP contribution in [0, 0.1) is 6.92 Å². The zero-order chi connectivity index (χ0) is 14.3. The SMILES string of the molecule is Cc1cc2oc(-c3ccccc3)nc2cc1C(C)(C)C. The molecule has 0 radical (unpaired) electrons. The Morgan fingerprint density at radius 2 is 1.70 bits per heavy atom. The molecule has 2 nitrogen and oxygen atoms in total. The summed E-state index contributed by atoms with van der Waals surface area (Å²) in [5.41, 5.74) is 5.48. The number of aryl methyl sites for hydroxylation is 1. The first-order valence-corrected chi connectivity index (χ1v) is 6.92. The minimum Gasteiger partial charge on any atom is -0.436 e. The number of hydrogen-bond donors (Lipinski definition) is 0. The summed E-state index contributed by atoms with van der Waals surface area (Å²) < 4.78 is 5.89. The average molecular weight is 265 g/mol. The fraction of sp³-hybridized carbons (Fsp3) is 0.278. The highest BCUT2D eigenvalue weighted by molar-refractivity contribution is 5.78. The minimum absolute atomic E-state index is 0.115. The van der Waals surface area contributed by atoms with Gasteiger partial charge in [0.15, 0.2) is 5.58 Å². The molecule has 2 aromatic carbocycles. The van der Waals surface area contributed by atoms with Crippen LogP contribution < -0.4 is 0 Å². The van der Waals surface area contributed by atoms with Gasteiger partial charge >= 0.3 is 0 Å². The van der Waals surface area contributed by atoms with E-state index in [0.29, 0.717) is 5.89 Å². The molecule has 1 aromatic heterocycles. The first-order chi connectivity index (χ1) is 9.45. The second-order valence-electron chi connectivity index (χ2n) is 6.27. The van der Waals surface area contributed by atoms with Gasteiger partial charge in [-0.25, -0.2) is 4.98 Å². The Hall–Kier alpha value is -2.09. The lowest BCUT2D eigenvalue weighted by atomic mass is 9.84. The molecule has 3 aromatic rings. The summed E-state index contributed by atoms with van der Waals surface area (Å²) in [6.45, 7) is 8.79. The van der Waals surface area contributed by atoms with Gasteiger partial charge in [-0.1, -0.05) is 39.0 Å². The first kappa shape index (κ1) is 12.9. The standard InChI is InChI=1S/C18H19NO/c1-12-10-16-15(11-14(12)18(2,3)4)19-17(20-16)13-8-6-5-7-9-13/h5-11H,1-4H3. The Labute approximate surface area is 119 Å². The van der Waals surface area contributed by atoms with Gasteiger partial charge in [0.25, 0.3) is 0 Å². The molecule has 0 amide bonds. The van der Waals surface area contributed by atoms with Crippen molar-refractivity contribution in [3.63, 3.8) is 0 Å². The van der Waals surface area contributed by atoms with Crippen molar-refractivity contribution in [1.29, 1.82) is 0 Å². The van der Waals surface area contributed by atoms with E-state index in [1.54, 1.807) is 0 Å². The van der Waals surface area contributed by atoms with Gasteiger partial charge in [-0.05, 0) is 47.7 Å². The summed E-state index contributed by atoms with van der Waals surface area (Å²) in [4.78, 5) is 4.63. The number of rotatable bonds is 1. The molecular weight excluding hydrogens is 246 g/mol. The van der Waals surface area contributed by atoms with Crippen molar-refractivity contribution in [2.75, 3.05) is 0 Å². The van der Waals surface area contributed by atoms with E-state index in [1.807, 2.05) is 30.3 Å². The lowest BCUT2D eigenvalue weighted by Gasteiger charge is -2.21. The zero-order valence-electron chi connectivity index (χ0n) is 12.4. The molecule has 0 aliphatic rings. The van der Waals surface area contributed by atoms with Crippen molar-refractivity contribution in [2.24, 2.45) is 0 Å². The van der Waals surface area contributed by atoms with Gasteiger partial charge in [0.05, 0.1) is 0 Å². The fourth-order valence-electron chi connectivity index (χ4n) is 2.59. The number of nitrogens with zero attached hydrogens (tertiary/aromatic N) is 1. The van der Waals surface area contributed by atoms with Crippen LogP contribution in [0.4, 0.5) is 0 Å². The van der Waals surface area contributed by atoms with E-state index in [1.165, 1.54) is 11.1 Å². The van der Waals surface area contributed by atoms with Crippen LogP contribution in [-0.2, 0) is 5.41 Å². The lowest BCUT2D eigenvalue weighted by Crippen LogP contribution is -2.12. The molecule has 0 aliphatic heterocycles. The Morgan fingerprint density at radius 3 is 2.35 bits per heavy atom. The third-order valence-electron chi connectivity index (χ3n) is 3.56. The van der Waals surface area contributed by atoms with Gasteiger partial charge in [-0.2, -0.15) is 0 Å². The highest BCUT2D eigenvalue weighted by Gasteiger charge is 2.19. The topological polar surface area (TPSA) is 26.0 Å². The van der Waals surface area contributed by atoms with Crippen LogP contribution in [0.2, 0.25) is 0 Å². The van der Waals surface area contributed by atoms with Crippen molar-refractivity contribution in [3.8, 4) is 11.5 Å². The molecule has 20 heavy (non-hydrogen) atoms. The zero-order valence-corrected chi connectivity index (χ0v) is 12.4. The summed E-state index contributed by atoms with van der Waals surface area (Å²) in [6, 6.07) is 14.3. The van der Waals surface area contributed by atoms with Gasteiger partial charge in [0, 0.05) is 5.56 Å². The van der Waals surface area contributed by atoms with Crippen LogP contribution in [0.1, 0.15) is 31.9 Å². The largest absolute Gasteiger partial charge is 0.436 e. The highest BCUT2D eigenvalue weighted by atomic mass is 16.3. The predicted molar refractivity (Wildman–Crippen MR) is 82.9 cm³/mol. The molecule has 1 heterocycles. The third kappa shape index (κ3) is 2.22. The van der Waals surface area contributed by atoms with E-state index >= 15 is 0 Å². The predicted octanol–water partition coefficient (Wildman–Crippen LogP) is 5.10. The van der Waals surface area contributed by atoms with E-state index in [2.05, 4.69) is 44.8 Å². The summed E-state index contributed by atoms with van der Waals surface area (Å²) in [5, 5.41) is 0. The molecule has 0 N–H and O–H groups in total. The average Bonchev–Trinajstić information content (AvgIpc) is 2.80. The third-order valence-corrected chi connectivity index (χ3v) is 3.56. The Morgan fingerprint density at radius 1 is 1.00 bits per heavy atom. The Bertz CT molecular complexity index is 748. The Kier molecular flexibility index (Phi) is 2.89. The van der Waals surface area contributed by atoms with Gasteiger partial charge < -0.3 is 4.42 Å². The molecule has 0 spiro atoms. The maximum atomic E-state index is 5.89. The van der Waals surface area contributed by atoms with E-state index < -0.39 is 0 Å². The van der Waals surface area contributed by atoms with E-state index in [9.17, 15) is 0 Å². The van der Waals surface area contributed by atoms with Gasteiger partial charge in [-0.3, -0.25) is 0 Å². The molecule has 0 saturated carbocycles. The Balaban J connectivity index is 2.17. The second kappa shape index (κ2) is 4.48. The molecule has 0 saturated heterocycles. The molecule has 0 unspecified atom stereocenters. The minimum atomic E-state index is 0.115. The quantitative estimate of drug-likeness (QED) is 0.611. The summed E-state index contributed by atoms with van der Waals surface area (Å²) in [7, 11) is 0. The first-order valence-electron chi connectivity index (χ1n) is 6.92. The summed E-state index contributed by atoms with van der Waals surface area (Å²) in [5.74, 6) is 0.686. The van der Waals surface area contributed by atoms with Crippen LogP contribution in [0.3, 0.4) is 0 Å². The van der Waals surface area contributed by atoms with E-state index in [4.69, 9.17) is 4.42 Å². The molecule has 0 aliphatic carbocycles. The van der Waals surface area contributed by atoms with Crippen molar-refractivity contribution in [1.82, 2.24) is 4.98 Å². The molecular formula is C18H19NO. The van der Waals surface area contributed by atoms with Crippen LogP contribution in [0.5, 0.6) is 0 Å². The number of fused-ring (bicyclic) bond motifs is 1. The number of benzene rings is 2. The van der Waals surface area contributed by atoms with Crippen molar-refractivity contribution in [2.45, 2.75) is 33.1 Å². The number of hydrogen-bond acceptors (Lipinski definition) is 2. The van der Waals surface area contributed by atoms with Crippen molar-refractivity contribution < 1.29 is 4.42 Å². The van der Waals surface area contributed by atoms with Crippen molar-refractivity contribution >= 4 is 11.1 Å². The fourth-order valence-corrected chi connectivity index (χ4v) is 2.59. The lowest BCUT2D eigenvalue weighted by molar-refractivity contribution is 0.585. The molecule has 102 valence electrons. The van der Waals surface area contributed by atoms with Crippen LogP contribution in [0.25, 0.3) is 22.6 Å². The second-order valence-corrected chi connectivity index (χ2v) is 6.27. The normalized spacial score (nSPS) is 12.0. The summed E-state index contributed by atoms with van der Waals surface area (Å²) in [6.07, 6.45) is 0. The van der Waals surface area contributed by atoms with Crippen molar-refractivity contribution in [3.05, 3.63) is 53.6 Å². The molecule has 3 rings (SSSR count). The maximum absolute atomic E-state index is 5.89. The smallest absolute Gasteiger partial charge is 0.227 e. The molecule has 0 bridgehead atoms. The van der Waals surface area contributed by atoms with E-state index in [0.717, 1.165) is 16.7 Å². The maximum Gasteiger partial charge on any atom is 0.227 e.